The van der Waals surface area contributed by atoms with E-state index in [0.717, 1.165) is 29.3 Å². The average molecular weight is 377 g/mol. The van der Waals surface area contributed by atoms with Gasteiger partial charge in [-0.25, -0.2) is 0 Å². The summed E-state index contributed by atoms with van der Waals surface area (Å²) in [5, 5.41) is 0.956. The van der Waals surface area contributed by atoms with Crippen LogP contribution in [0.4, 0.5) is 0 Å². The SMILES string of the molecule is Cc1ccc2[nH]c(=O)c(CN(C[C@H]3CCCO3)C(=O)c3ccccn3)cc2c1. The topological polar surface area (TPSA) is 75.3 Å². The lowest BCUT2D eigenvalue weighted by atomic mass is 10.1. The molecule has 0 bridgehead atoms. The molecule has 1 aromatic carbocycles. The van der Waals surface area contributed by atoms with Gasteiger partial charge in [0, 0.05) is 30.4 Å². The Morgan fingerprint density at radius 2 is 2.18 bits per heavy atom. The number of rotatable bonds is 5. The number of hydrogen-bond acceptors (Lipinski definition) is 4. The standard InChI is InChI=1S/C22H23N3O3/c1-15-7-8-19-16(11-15)12-17(21(26)24-19)13-25(14-18-5-4-10-28-18)22(27)20-6-2-3-9-23-20/h2-3,6-9,11-12,18H,4-5,10,13-14H2,1H3,(H,24,26)/t18-/m1/s1. The molecule has 0 spiro atoms. The van der Waals surface area contributed by atoms with E-state index in [-0.39, 0.29) is 24.1 Å². The third-order valence-corrected chi connectivity index (χ3v) is 5.06. The highest BCUT2D eigenvalue weighted by molar-refractivity contribution is 5.92. The van der Waals surface area contributed by atoms with Crippen molar-refractivity contribution in [1.29, 1.82) is 0 Å². The monoisotopic (exact) mass is 377 g/mol. The maximum Gasteiger partial charge on any atom is 0.272 e. The average Bonchev–Trinajstić information content (AvgIpc) is 3.21. The molecule has 1 saturated heterocycles. The third-order valence-electron chi connectivity index (χ3n) is 5.06. The summed E-state index contributed by atoms with van der Waals surface area (Å²) in [5.41, 5.74) is 2.66. The number of hydrogen-bond donors (Lipinski definition) is 1. The van der Waals surface area contributed by atoms with Gasteiger partial charge in [0.1, 0.15) is 5.69 Å². The van der Waals surface area contributed by atoms with E-state index in [2.05, 4.69) is 9.97 Å². The highest BCUT2D eigenvalue weighted by atomic mass is 16.5. The molecule has 28 heavy (non-hydrogen) atoms. The Bertz CT molecular complexity index is 1040. The van der Waals surface area contributed by atoms with Crippen molar-refractivity contribution in [3.63, 3.8) is 0 Å². The number of carbonyl (C=O) groups is 1. The maximum absolute atomic E-state index is 13.1. The summed E-state index contributed by atoms with van der Waals surface area (Å²) in [6, 6.07) is 13.0. The van der Waals surface area contributed by atoms with Crippen molar-refractivity contribution in [2.24, 2.45) is 0 Å². The number of nitrogens with one attached hydrogen (secondary N) is 1. The first kappa shape index (κ1) is 18.4. The van der Waals surface area contributed by atoms with Gasteiger partial charge in [-0.1, -0.05) is 17.7 Å². The van der Waals surface area contributed by atoms with Crippen LogP contribution in [0.5, 0.6) is 0 Å². The van der Waals surface area contributed by atoms with E-state index in [1.54, 1.807) is 29.3 Å². The largest absolute Gasteiger partial charge is 0.376 e. The van der Waals surface area contributed by atoms with E-state index in [1.807, 2.05) is 31.2 Å². The van der Waals surface area contributed by atoms with E-state index in [9.17, 15) is 9.59 Å². The van der Waals surface area contributed by atoms with Gasteiger partial charge >= 0.3 is 0 Å². The van der Waals surface area contributed by atoms with Crippen LogP contribution in [0.1, 0.15) is 34.5 Å². The van der Waals surface area contributed by atoms with E-state index < -0.39 is 0 Å². The van der Waals surface area contributed by atoms with Crippen LogP contribution < -0.4 is 5.56 Å². The van der Waals surface area contributed by atoms with Crippen molar-refractivity contribution in [2.45, 2.75) is 32.4 Å². The van der Waals surface area contributed by atoms with Crippen molar-refractivity contribution in [3.8, 4) is 0 Å². The minimum Gasteiger partial charge on any atom is -0.376 e. The summed E-state index contributed by atoms with van der Waals surface area (Å²) in [6.07, 6.45) is 3.50. The van der Waals surface area contributed by atoms with Gasteiger partial charge in [0.05, 0.1) is 12.6 Å². The van der Waals surface area contributed by atoms with Gasteiger partial charge in [-0.15, -0.1) is 0 Å². The Morgan fingerprint density at radius 3 is 2.93 bits per heavy atom. The summed E-state index contributed by atoms with van der Waals surface area (Å²) in [6.45, 7) is 3.39. The van der Waals surface area contributed by atoms with Crippen molar-refractivity contribution in [1.82, 2.24) is 14.9 Å². The van der Waals surface area contributed by atoms with E-state index >= 15 is 0 Å². The number of amides is 1. The molecule has 1 atom stereocenters. The van der Waals surface area contributed by atoms with Gasteiger partial charge in [-0.05, 0) is 55.5 Å². The lowest BCUT2D eigenvalue weighted by Crippen LogP contribution is -2.38. The van der Waals surface area contributed by atoms with Gasteiger partial charge in [0.25, 0.3) is 11.5 Å². The van der Waals surface area contributed by atoms with Crippen LogP contribution in [0.2, 0.25) is 0 Å². The normalized spacial score (nSPS) is 16.4. The van der Waals surface area contributed by atoms with Crippen LogP contribution in [0, 0.1) is 6.92 Å². The molecule has 3 aromatic rings. The smallest absolute Gasteiger partial charge is 0.272 e. The zero-order chi connectivity index (χ0) is 19.5. The number of benzene rings is 1. The van der Waals surface area contributed by atoms with Crippen LogP contribution in [-0.2, 0) is 11.3 Å². The molecular weight excluding hydrogens is 354 g/mol. The van der Waals surface area contributed by atoms with Crippen LogP contribution >= 0.6 is 0 Å². The van der Waals surface area contributed by atoms with E-state index in [1.165, 1.54) is 0 Å². The van der Waals surface area contributed by atoms with Crippen molar-refractivity contribution < 1.29 is 9.53 Å². The Morgan fingerprint density at radius 1 is 1.29 bits per heavy atom. The molecule has 2 aromatic heterocycles. The van der Waals surface area contributed by atoms with Crippen LogP contribution in [-0.4, -0.2) is 40.0 Å². The van der Waals surface area contributed by atoms with Gasteiger partial charge in [-0.3, -0.25) is 14.6 Å². The van der Waals surface area contributed by atoms with Crippen molar-refractivity contribution in [3.05, 3.63) is 75.8 Å². The minimum atomic E-state index is -0.195. The molecule has 6 heteroatoms. The van der Waals surface area contributed by atoms with Gasteiger partial charge in [-0.2, -0.15) is 0 Å². The van der Waals surface area contributed by atoms with Crippen LogP contribution in [0.3, 0.4) is 0 Å². The molecule has 4 rings (SSSR count). The third kappa shape index (κ3) is 3.97. The van der Waals surface area contributed by atoms with Crippen molar-refractivity contribution >= 4 is 16.8 Å². The minimum absolute atomic E-state index is 0.00514. The Hall–Kier alpha value is -2.99. The van der Waals surface area contributed by atoms with Gasteiger partial charge in [0.2, 0.25) is 0 Å². The predicted octanol–water partition coefficient (Wildman–Crippen LogP) is 3.05. The van der Waals surface area contributed by atoms with Crippen LogP contribution in [0.15, 0.2) is 53.5 Å². The quantitative estimate of drug-likeness (QED) is 0.742. The fourth-order valence-corrected chi connectivity index (χ4v) is 3.60. The van der Waals surface area contributed by atoms with Gasteiger partial charge in [0.15, 0.2) is 0 Å². The first-order valence-electron chi connectivity index (χ1n) is 9.54. The summed E-state index contributed by atoms with van der Waals surface area (Å²) in [7, 11) is 0. The second-order valence-corrected chi connectivity index (χ2v) is 7.25. The predicted molar refractivity (Wildman–Crippen MR) is 107 cm³/mol. The molecular formula is C22H23N3O3. The van der Waals surface area contributed by atoms with E-state index in [4.69, 9.17) is 4.74 Å². The maximum atomic E-state index is 13.1. The Balaban J connectivity index is 1.66. The highest BCUT2D eigenvalue weighted by Gasteiger charge is 2.25. The summed E-state index contributed by atoms with van der Waals surface area (Å²) < 4.78 is 5.72. The molecule has 1 aliphatic rings. The molecule has 1 amide bonds. The second-order valence-electron chi connectivity index (χ2n) is 7.25. The number of carbonyl (C=O) groups excluding carboxylic acids is 1. The zero-order valence-electron chi connectivity index (χ0n) is 15.9. The molecule has 6 nitrogen and oxygen atoms in total. The van der Waals surface area contributed by atoms with E-state index in [0.29, 0.717) is 24.4 Å². The Labute approximate surface area is 163 Å². The molecule has 1 aliphatic heterocycles. The summed E-state index contributed by atoms with van der Waals surface area (Å²) in [5.74, 6) is -0.195. The number of nitrogens with zero attached hydrogens (tertiary/aromatic N) is 2. The number of pyridine rings is 2. The molecule has 0 radical (unpaired) electrons. The van der Waals surface area contributed by atoms with Crippen LogP contribution in [0.25, 0.3) is 10.9 Å². The second kappa shape index (κ2) is 7.94. The Kier molecular flexibility index (Phi) is 5.21. The molecule has 1 N–H and O–H groups in total. The molecule has 3 heterocycles. The van der Waals surface area contributed by atoms with Gasteiger partial charge < -0.3 is 14.6 Å². The number of aromatic amines is 1. The molecule has 144 valence electrons. The first-order chi connectivity index (χ1) is 13.6. The molecule has 1 fully saturated rings. The number of fused-ring (bicyclic) bond motifs is 1. The first-order valence-corrected chi connectivity index (χ1v) is 9.54. The number of aryl methyl sites for hydroxylation is 1. The molecule has 0 aliphatic carbocycles. The number of H-pyrrole nitrogens is 1. The molecule has 0 saturated carbocycles. The zero-order valence-corrected chi connectivity index (χ0v) is 15.9. The fraction of sp³-hybridized carbons (Fsp3) is 0.318. The number of ether oxygens (including phenoxy) is 1. The lowest BCUT2D eigenvalue weighted by Gasteiger charge is -2.25. The van der Waals surface area contributed by atoms with Crippen molar-refractivity contribution in [2.75, 3.05) is 13.2 Å². The lowest BCUT2D eigenvalue weighted by molar-refractivity contribution is 0.0502. The summed E-state index contributed by atoms with van der Waals surface area (Å²) >= 11 is 0. The molecule has 0 unspecified atom stereocenters. The highest BCUT2D eigenvalue weighted by Crippen LogP contribution is 2.18. The number of aromatic nitrogens is 2. The fourth-order valence-electron chi connectivity index (χ4n) is 3.60. The summed E-state index contributed by atoms with van der Waals surface area (Å²) in [4.78, 5) is 34.4.